The standard InChI is InChI=1S/C13H14F2O2/c1-3-4-7-17-9(2)13(16)10-5-6-11(14)12(15)8-10/h3-6,8-9H,7H2,1-2H3/b4-3+. The number of ether oxygens (including phenoxy) is 1. The van der Waals surface area contributed by atoms with Crippen molar-refractivity contribution in [3.63, 3.8) is 0 Å². The summed E-state index contributed by atoms with van der Waals surface area (Å²) in [5.41, 5.74) is 0.108. The van der Waals surface area contributed by atoms with Crippen LogP contribution >= 0.6 is 0 Å². The van der Waals surface area contributed by atoms with Gasteiger partial charge in [-0.1, -0.05) is 12.2 Å². The molecular formula is C13H14F2O2. The van der Waals surface area contributed by atoms with E-state index in [0.717, 1.165) is 12.1 Å². The largest absolute Gasteiger partial charge is 0.366 e. The van der Waals surface area contributed by atoms with Crippen LogP contribution < -0.4 is 0 Å². The molecule has 1 aromatic rings. The van der Waals surface area contributed by atoms with Crippen molar-refractivity contribution in [1.29, 1.82) is 0 Å². The molecule has 1 atom stereocenters. The van der Waals surface area contributed by atoms with E-state index in [1.165, 1.54) is 6.07 Å². The third kappa shape index (κ3) is 3.75. The molecule has 4 heteroatoms. The average molecular weight is 240 g/mol. The topological polar surface area (TPSA) is 26.3 Å². The summed E-state index contributed by atoms with van der Waals surface area (Å²) in [6, 6.07) is 3.06. The first kappa shape index (κ1) is 13.5. The normalized spacial score (nSPS) is 12.9. The summed E-state index contributed by atoms with van der Waals surface area (Å²) in [6.45, 7) is 3.73. The van der Waals surface area contributed by atoms with E-state index in [4.69, 9.17) is 4.74 Å². The third-order valence-electron chi connectivity index (χ3n) is 2.25. The van der Waals surface area contributed by atoms with Crippen LogP contribution in [0.5, 0.6) is 0 Å². The molecule has 0 aliphatic heterocycles. The second-order valence-corrected chi connectivity index (χ2v) is 3.54. The molecule has 0 saturated heterocycles. The first-order chi connectivity index (χ1) is 8.06. The number of carbonyl (C=O) groups is 1. The zero-order valence-electron chi connectivity index (χ0n) is 9.74. The van der Waals surface area contributed by atoms with E-state index >= 15 is 0 Å². The Morgan fingerprint density at radius 3 is 2.71 bits per heavy atom. The molecule has 0 aliphatic carbocycles. The minimum absolute atomic E-state index is 0.108. The zero-order valence-corrected chi connectivity index (χ0v) is 9.74. The van der Waals surface area contributed by atoms with Crippen LogP contribution in [0.15, 0.2) is 30.4 Å². The monoisotopic (exact) mass is 240 g/mol. The summed E-state index contributed by atoms with van der Waals surface area (Å²) >= 11 is 0. The molecular weight excluding hydrogens is 226 g/mol. The Bertz CT molecular complexity index is 427. The van der Waals surface area contributed by atoms with E-state index in [0.29, 0.717) is 6.61 Å². The molecule has 0 amide bonds. The molecule has 0 fully saturated rings. The summed E-state index contributed by atoms with van der Waals surface area (Å²) < 4.78 is 30.8. The van der Waals surface area contributed by atoms with Gasteiger partial charge in [-0.15, -0.1) is 0 Å². The summed E-state index contributed by atoms with van der Waals surface area (Å²) in [5.74, 6) is -2.37. The highest BCUT2D eigenvalue weighted by atomic mass is 19.2. The number of carbonyl (C=O) groups excluding carboxylic acids is 1. The smallest absolute Gasteiger partial charge is 0.191 e. The Balaban J connectivity index is 2.71. The van der Waals surface area contributed by atoms with Gasteiger partial charge in [-0.2, -0.15) is 0 Å². The van der Waals surface area contributed by atoms with Crippen LogP contribution in [0.1, 0.15) is 24.2 Å². The molecule has 0 saturated carbocycles. The molecule has 2 nitrogen and oxygen atoms in total. The van der Waals surface area contributed by atoms with Gasteiger partial charge in [-0.3, -0.25) is 4.79 Å². The average Bonchev–Trinajstić information content (AvgIpc) is 2.32. The lowest BCUT2D eigenvalue weighted by Crippen LogP contribution is -2.21. The molecule has 0 aliphatic rings. The number of benzene rings is 1. The van der Waals surface area contributed by atoms with Crippen LogP contribution in [-0.2, 0) is 4.74 Å². The van der Waals surface area contributed by atoms with Crippen LogP contribution in [-0.4, -0.2) is 18.5 Å². The van der Waals surface area contributed by atoms with Crippen molar-refractivity contribution in [2.24, 2.45) is 0 Å². The highest BCUT2D eigenvalue weighted by Crippen LogP contribution is 2.11. The highest BCUT2D eigenvalue weighted by Gasteiger charge is 2.16. The summed E-state index contributed by atoms with van der Waals surface area (Å²) in [5, 5.41) is 0. The van der Waals surface area contributed by atoms with E-state index in [9.17, 15) is 13.6 Å². The fourth-order valence-electron chi connectivity index (χ4n) is 1.26. The lowest BCUT2D eigenvalue weighted by atomic mass is 10.1. The van der Waals surface area contributed by atoms with Crippen LogP contribution in [0.25, 0.3) is 0 Å². The van der Waals surface area contributed by atoms with Gasteiger partial charge in [0.2, 0.25) is 0 Å². The fraction of sp³-hybridized carbons (Fsp3) is 0.308. The maximum absolute atomic E-state index is 12.9. The van der Waals surface area contributed by atoms with Gasteiger partial charge >= 0.3 is 0 Å². The van der Waals surface area contributed by atoms with Gasteiger partial charge in [-0.25, -0.2) is 8.78 Å². The predicted molar refractivity (Wildman–Crippen MR) is 60.9 cm³/mol. The summed E-state index contributed by atoms with van der Waals surface area (Å²) in [4.78, 5) is 11.8. The number of allylic oxidation sites excluding steroid dienone is 1. The van der Waals surface area contributed by atoms with Crippen LogP contribution in [0.3, 0.4) is 0 Å². The van der Waals surface area contributed by atoms with E-state index in [1.807, 2.05) is 6.92 Å². The molecule has 1 rings (SSSR count). The minimum atomic E-state index is -1.03. The Hall–Kier alpha value is -1.55. The third-order valence-corrected chi connectivity index (χ3v) is 2.25. The maximum atomic E-state index is 12.9. The molecule has 1 aromatic carbocycles. The number of Topliss-reactive ketones (excluding diaryl/α,β-unsaturated/α-hetero) is 1. The molecule has 0 spiro atoms. The Labute approximate surface area is 98.9 Å². The van der Waals surface area contributed by atoms with E-state index < -0.39 is 17.7 Å². The number of rotatable bonds is 5. The molecule has 17 heavy (non-hydrogen) atoms. The number of ketones is 1. The Kier molecular flexibility index (Phi) is 4.97. The first-order valence-electron chi connectivity index (χ1n) is 5.28. The molecule has 0 aromatic heterocycles. The van der Waals surface area contributed by atoms with Gasteiger partial charge in [0.05, 0.1) is 6.61 Å². The SMILES string of the molecule is C/C=C/COC(C)C(=O)c1ccc(F)c(F)c1. The number of halogens is 2. The lowest BCUT2D eigenvalue weighted by Gasteiger charge is -2.10. The van der Waals surface area contributed by atoms with Crippen molar-refractivity contribution >= 4 is 5.78 Å². The molecule has 0 N–H and O–H groups in total. The van der Waals surface area contributed by atoms with Crippen LogP contribution in [0.4, 0.5) is 8.78 Å². The van der Waals surface area contributed by atoms with Gasteiger partial charge in [0, 0.05) is 5.56 Å². The predicted octanol–water partition coefficient (Wildman–Crippen LogP) is 3.13. The van der Waals surface area contributed by atoms with Crippen molar-refractivity contribution in [2.45, 2.75) is 20.0 Å². The van der Waals surface area contributed by atoms with Gasteiger partial charge in [0.25, 0.3) is 0 Å². The lowest BCUT2D eigenvalue weighted by molar-refractivity contribution is 0.0565. The molecule has 1 unspecified atom stereocenters. The summed E-state index contributed by atoms with van der Waals surface area (Å²) in [7, 11) is 0. The molecule has 0 heterocycles. The van der Waals surface area contributed by atoms with Crippen molar-refractivity contribution in [1.82, 2.24) is 0 Å². The number of hydrogen-bond donors (Lipinski definition) is 0. The quantitative estimate of drug-likeness (QED) is 0.584. The Morgan fingerprint density at radius 2 is 2.12 bits per heavy atom. The second-order valence-electron chi connectivity index (χ2n) is 3.54. The number of hydrogen-bond acceptors (Lipinski definition) is 2. The fourth-order valence-corrected chi connectivity index (χ4v) is 1.26. The van der Waals surface area contributed by atoms with Gasteiger partial charge in [0.15, 0.2) is 17.4 Å². The maximum Gasteiger partial charge on any atom is 0.191 e. The van der Waals surface area contributed by atoms with Gasteiger partial charge < -0.3 is 4.74 Å². The minimum Gasteiger partial charge on any atom is -0.366 e. The van der Waals surface area contributed by atoms with Gasteiger partial charge in [-0.05, 0) is 32.0 Å². The zero-order chi connectivity index (χ0) is 12.8. The van der Waals surface area contributed by atoms with Crippen LogP contribution in [0.2, 0.25) is 0 Å². The molecule has 0 radical (unpaired) electrons. The highest BCUT2D eigenvalue weighted by molar-refractivity contribution is 5.99. The first-order valence-corrected chi connectivity index (χ1v) is 5.28. The van der Waals surface area contributed by atoms with E-state index in [-0.39, 0.29) is 11.3 Å². The van der Waals surface area contributed by atoms with Gasteiger partial charge in [0.1, 0.15) is 6.10 Å². The summed E-state index contributed by atoms with van der Waals surface area (Å²) in [6.07, 6.45) is 2.88. The van der Waals surface area contributed by atoms with Crippen molar-refractivity contribution in [3.8, 4) is 0 Å². The van der Waals surface area contributed by atoms with Crippen molar-refractivity contribution < 1.29 is 18.3 Å². The van der Waals surface area contributed by atoms with E-state index in [1.54, 1.807) is 19.1 Å². The van der Waals surface area contributed by atoms with Crippen molar-refractivity contribution in [2.75, 3.05) is 6.61 Å². The second kappa shape index (κ2) is 6.25. The van der Waals surface area contributed by atoms with Crippen molar-refractivity contribution in [3.05, 3.63) is 47.5 Å². The molecule has 0 bridgehead atoms. The molecule has 92 valence electrons. The van der Waals surface area contributed by atoms with E-state index in [2.05, 4.69) is 0 Å². The van der Waals surface area contributed by atoms with Crippen LogP contribution in [0, 0.1) is 11.6 Å². The Morgan fingerprint density at radius 1 is 1.41 bits per heavy atom.